The summed E-state index contributed by atoms with van der Waals surface area (Å²) in [6, 6.07) is 21.1. The zero-order valence-electron chi connectivity index (χ0n) is 24.8. The predicted octanol–water partition coefficient (Wildman–Crippen LogP) is 2.05. The molecule has 2 saturated heterocycles. The first-order chi connectivity index (χ1) is 22.1. The molecule has 0 aromatic heterocycles. The lowest BCUT2D eigenvalue weighted by atomic mass is 10.0. The number of hydrogen-bond donors (Lipinski definition) is 6. The van der Waals surface area contributed by atoms with Crippen molar-refractivity contribution in [3.63, 3.8) is 0 Å². The standard InChI is InChI=1S/C16H16N2O5S.C15H14N2O5S/c1-10-2-5-14(19)12(6-10)7-11-3-4-13(15(20)8-11)18-9-16(21)17-24(18,22)23;18-13-4-2-1-3-11(13)7-10-5-6-12(14(19)8-10)17-9-15(20)16-23(17,21)22/h2-6,8,19-20H,7,9H2,1H3,(H,17,21);1-6,8,18-19H,7,9H2,(H,16,20). The molecule has 2 fully saturated rings. The van der Waals surface area contributed by atoms with Crippen molar-refractivity contribution in [2.45, 2.75) is 19.8 Å². The molecule has 4 aromatic carbocycles. The average Bonchev–Trinajstić information content (AvgIpc) is 3.42. The Kier molecular flexibility index (Phi) is 8.91. The first-order valence-corrected chi connectivity index (χ1v) is 16.9. The van der Waals surface area contributed by atoms with E-state index in [2.05, 4.69) is 0 Å². The fourth-order valence-corrected chi connectivity index (χ4v) is 7.38. The third-order valence-corrected chi connectivity index (χ3v) is 10.1. The highest BCUT2D eigenvalue weighted by Gasteiger charge is 2.36. The maximum Gasteiger partial charge on any atom is 0.326 e. The van der Waals surface area contributed by atoms with Gasteiger partial charge in [0.25, 0.3) is 11.8 Å². The Bertz CT molecular complexity index is 2100. The Morgan fingerprint density at radius 1 is 0.596 bits per heavy atom. The molecule has 6 rings (SSSR count). The Morgan fingerprint density at radius 2 is 1.06 bits per heavy atom. The van der Waals surface area contributed by atoms with Crippen LogP contribution in [0.2, 0.25) is 0 Å². The number of carbonyl (C=O) groups is 2. The van der Waals surface area contributed by atoms with E-state index in [1.807, 2.05) is 22.4 Å². The summed E-state index contributed by atoms with van der Waals surface area (Å²) in [5.41, 5.74) is 3.85. The van der Waals surface area contributed by atoms with Gasteiger partial charge >= 0.3 is 20.4 Å². The topological polar surface area (TPSA) is 214 Å². The number of benzene rings is 4. The Hall–Kier alpha value is -5.48. The summed E-state index contributed by atoms with van der Waals surface area (Å²) in [7, 11) is -7.92. The minimum absolute atomic E-state index is 0.0318. The van der Waals surface area contributed by atoms with Crippen molar-refractivity contribution in [1.82, 2.24) is 9.44 Å². The van der Waals surface area contributed by atoms with Gasteiger partial charge in [-0.1, -0.05) is 48.0 Å². The summed E-state index contributed by atoms with van der Waals surface area (Å²) >= 11 is 0. The normalized spacial score (nSPS) is 16.3. The molecule has 2 amide bonds. The van der Waals surface area contributed by atoms with Crippen LogP contribution in [0, 0.1) is 6.92 Å². The number of nitrogens with zero attached hydrogens (tertiary/aromatic N) is 2. The molecule has 0 radical (unpaired) electrons. The first kappa shape index (κ1) is 32.9. The number of phenols is 4. The zero-order chi connectivity index (χ0) is 34.1. The fraction of sp³-hybridized carbons (Fsp3) is 0.161. The molecule has 16 heteroatoms. The molecule has 0 spiro atoms. The van der Waals surface area contributed by atoms with E-state index in [4.69, 9.17) is 0 Å². The summed E-state index contributed by atoms with van der Waals surface area (Å²) in [4.78, 5) is 22.5. The number of aryl methyl sites for hydroxylation is 1. The number of carbonyl (C=O) groups excluding carboxylic acids is 2. The Balaban J connectivity index is 0.000000185. The van der Waals surface area contributed by atoms with Crippen LogP contribution in [0.1, 0.15) is 27.8 Å². The molecule has 0 aliphatic carbocycles. The number of rotatable bonds is 6. The highest BCUT2D eigenvalue weighted by atomic mass is 32.2. The van der Waals surface area contributed by atoms with E-state index in [9.17, 15) is 46.9 Å². The minimum Gasteiger partial charge on any atom is -0.508 e. The van der Waals surface area contributed by atoms with Gasteiger partial charge in [0.05, 0.1) is 11.4 Å². The molecule has 246 valence electrons. The van der Waals surface area contributed by atoms with Crippen LogP contribution in [-0.2, 0) is 42.8 Å². The molecule has 0 unspecified atom stereocenters. The van der Waals surface area contributed by atoms with Crippen molar-refractivity contribution < 1.29 is 46.9 Å². The summed E-state index contributed by atoms with van der Waals surface area (Å²) in [5.74, 6) is -1.50. The van der Waals surface area contributed by atoms with Crippen molar-refractivity contribution >= 4 is 43.6 Å². The van der Waals surface area contributed by atoms with Gasteiger partial charge in [0.1, 0.15) is 36.1 Å². The fourth-order valence-electron chi connectivity index (χ4n) is 5.06. The molecule has 2 heterocycles. The largest absolute Gasteiger partial charge is 0.508 e. The minimum atomic E-state index is -3.96. The van der Waals surface area contributed by atoms with Crippen LogP contribution in [0.3, 0.4) is 0 Å². The van der Waals surface area contributed by atoms with Crippen molar-refractivity contribution in [3.05, 3.63) is 107 Å². The molecule has 47 heavy (non-hydrogen) atoms. The monoisotopic (exact) mass is 682 g/mol. The van der Waals surface area contributed by atoms with Gasteiger partial charge in [-0.05, 0) is 65.6 Å². The van der Waals surface area contributed by atoms with Gasteiger partial charge in [0, 0.05) is 12.8 Å². The van der Waals surface area contributed by atoms with Crippen LogP contribution in [0.25, 0.3) is 0 Å². The lowest BCUT2D eigenvalue weighted by Crippen LogP contribution is -2.29. The lowest BCUT2D eigenvalue weighted by Gasteiger charge is -2.17. The zero-order valence-corrected chi connectivity index (χ0v) is 26.4. The quantitative estimate of drug-likeness (QED) is 0.174. The molecule has 0 atom stereocenters. The van der Waals surface area contributed by atoms with E-state index in [-0.39, 0.29) is 47.5 Å². The maximum absolute atomic E-state index is 11.8. The molecular formula is C31H30N4O10S2. The molecular weight excluding hydrogens is 652 g/mol. The third-order valence-electron chi connectivity index (χ3n) is 7.27. The van der Waals surface area contributed by atoms with Crippen molar-refractivity contribution in [3.8, 4) is 23.0 Å². The van der Waals surface area contributed by atoms with E-state index in [0.717, 1.165) is 14.2 Å². The average molecular weight is 683 g/mol. The molecule has 2 aliphatic rings. The number of aromatic hydroxyl groups is 4. The summed E-state index contributed by atoms with van der Waals surface area (Å²) in [6.07, 6.45) is 0.760. The predicted molar refractivity (Wildman–Crippen MR) is 172 cm³/mol. The van der Waals surface area contributed by atoms with Gasteiger partial charge in [-0.25, -0.2) is 18.1 Å². The van der Waals surface area contributed by atoms with Gasteiger partial charge in [0.2, 0.25) is 0 Å². The van der Waals surface area contributed by atoms with Gasteiger partial charge in [-0.15, -0.1) is 0 Å². The van der Waals surface area contributed by atoms with E-state index >= 15 is 0 Å². The highest BCUT2D eigenvalue weighted by Crippen LogP contribution is 2.34. The lowest BCUT2D eigenvalue weighted by molar-refractivity contribution is -0.118. The Morgan fingerprint density at radius 3 is 1.51 bits per heavy atom. The number of nitrogens with one attached hydrogen (secondary N) is 2. The molecule has 14 nitrogen and oxygen atoms in total. The molecule has 4 aromatic rings. The second-order valence-corrected chi connectivity index (χ2v) is 14.0. The van der Waals surface area contributed by atoms with Crippen LogP contribution in [-0.4, -0.2) is 62.2 Å². The smallest absolute Gasteiger partial charge is 0.326 e. The number of anilines is 2. The van der Waals surface area contributed by atoms with E-state index in [0.29, 0.717) is 35.1 Å². The van der Waals surface area contributed by atoms with Crippen LogP contribution < -0.4 is 18.1 Å². The van der Waals surface area contributed by atoms with Gasteiger partial charge in [0.15, 0.2) is 0 Å². The summed E-state index contributed by atoms with van der Waals surface area (Å²) < 4.78 is 52.6. The maximum atomic E-state index is 11.8. The SMILES string of the molecule is Cc1ccc(O)c(Cc2ccc(N3CC(=O)NS3(=O)=O)c(O)c2)c1.O=C1CN(c2ccc(Cc3ccccc3O)cc2O)S(=O)(=O)N1. The number of para-hydroxylation sites is 1. The van der Waals surface area contributed by atoms with Crippen molar-refractivity contribution in [2.24, 2.45) is 0 Å². The second-order valence-electron chi connectivity index (χ2n) is 10.8. The highest BCUT2D eigenvalue weighted by molar-refractivity contribution is 7.92. The van der Waals surface area contributed by atoms with Gasteiger partial charge in [-0.2, -0.15) is 16.8 Å². The van der Waals surface area contributed by atoms with Crippen LogP contribution in [0.15, 0.2) is 78.9 Å². The van der Waals surface area contributed by atoms with E-state index in [1.54, 1.807) is 48.5 Å². The summed E-state index contributed by atoms with van der Waals surface area (Å²) in [5, 5.41) is 39.9. The number of amides is 2. The van der Waals surface area contributed by atoms with Crippen molar-refractivity contribution in [2.75, 3.05) is 21.7 Å². The van der Waals surface area contributed by atoms with Crippen LogP contribution in [0.5, 0.6) is 23.0 Å². The molecule has 2 aliphatic heterocycles. The first-order valence-electron chi connectivity index (χ1n) is 14.0. The van der Waals surface area contributed by atoms with E-state index in [1.165, 1.54) is 24.3 Å². The van der Waals surface area contributed by atoms with Gasteiger partial charge < -0.3 is 20.4 Å². The van der Waals surface area contributed by atoms with Crippen LogP contribution in [0.4, 0.5) is 11.4 Å². The van der Waals surface area contributed by atoms with Crippen LogP contribution >= 0.6 is 0 Å². The molecule has 6 N–H and O–H groups in total. The summed E-state index contributed by atoms with van der Waals surface area (Å²) in [6.45, 7) is 1.17. The van der Waals surface area contributed by atoms with E-state index < -0.39 is 32.2 Å². The number of hydrogen-bond acceptors (Lipinski definition) is 10. The molecule has 0 bridgehead atoms. The van der Waals surface area contributed by atoms with Crippen molar-refractivity contribution in [1.29, 1.82) is 0 Å². The third kappa shape index (κ3) is 7.34. The number of phenolic OH excluding ortho intramolecular Hbond substituents is 4. The molecule has 0 saturated carbocycles. The Labute approximate surface area is 270 Å². The van der Waals surface area contributed by atoms with Gasteiger partial charge in [-0.3, -0.25) is 9.59 Å². The second kappa shape index (κ2) is 12.7.